The molecule has 0 bridgehead atoms. The van der Waals surface area contributed by atoms with E-state index in [1.54, 1.807) is 18.2 Å². The van der Waals surface area contributed by atoms with Crippen LogP contribution in [0.5, 0.6) is 5.75 Å². The monoisotopic (exact) mass is 276 g/mol. The Kier molecular flexibility index (Phi) is 4.61. The molecule has 1 saturated heterocycles. The molecule has 2 N–H and O–H groups in total. The number of nitrogens with one attached hydrogen (secondary N) is 1. The second-order valence-corrected chi connectivity index (χ2v) is 5.20. The van der Waals surface area contributed by atoms with Crippen LogP contribution < -0.4 is 5.32 Å². The van der Waals surface area contributed by atoms with E-state index in [4.69, 9.17) is 0 Å². The Morgan fingerprint density at radius 1 is 1.35 bits per heavy atom. The van der Waals surface area contributed by atoms with E-state index in [-0.39, 0.29) is 23.6 Å². The molecule has 20 heavy (non-hydrogen) atoms. The van der Waals surface area contributed by atoms with Gasteiger partial charge in [0.15, 0.2) is 0 Å². The van der Waals surface area contributed by atoms with Gasteiger partial charge in [-0.15, -0.1) is 0 Å². The number of hydrogen-bond acceptors (Lipinski definition) is 3. The van der Waals surface area contributed by atoms with E-state index in [0.717, 1.165) is 18.4 Å². The fourth-order valence-corrected chi connectivity index (χ4v) is 2.51. The average molecular weight is 276 g/mol. The third-order valence-corrected chi connectivity index (χ3v) is 3.52. The van der Waals surface area contributed by atoms with Gasteiger partial charge in [-0.05, 0) is 30.5 Å². The second-order valence-electron chi connectivity index (χ2n) is 5.20. The smallest absolute Gasteiger partial charge is 0.226 e. The summed E-state index contributed by atoms with van der Waals surface area (Å²) in [4.78, 5) is 25.0. The number of phenolic OH excluding ortho intramolecular Hbond substituents is 1. The van der Waals surface area contributed by atoms with Gasteiger partial charge in [-0.1, -0.05) is 12.1 Å². The number of carbonyl (C=O) groups excluding carboxylic acids is 2. The molecule has 0 atom stereocenters. The van der Waals surface area contributed by atoms with Crippen molar-refractivity contribution in [1.29, 1.82) is 0 Å². The van der Waals surface area contributed by atoms with Gasteiger partial charge in [-0.2, -0.15) is 0 Å². The van der Waals surface area contributed by atoms with Gasteiger partial charge in [-0.25, -0.2) is 0 Å². The molecule has 1 fully saturated rings. The fraction of sp³-hybridized carbons (Fsp3) is 0.467. The summed E-state index contributed by atoms with van der Waals surface area (Å²) in [6, 6.07) is 6.95. The van der Waals surface area contributed by atoms with Crippen molar-refractivity contribution < 1.29 is 14.7 Å². The van der Waals surface area contributed by atoms with E-state index in [0.29, 0.717) is 19.5 Å². The summed E-state index contributed by atoms with van der Waals surface area (Å²) in [6.07, 6.45) is 1.90. The Bertz CT molecular complexity index is 494. The van der Waals surface area contributed by atoms with Crippen molar-refractivity contribution in [1.82, 2.24) is 10.2 Å². The summed E-state index contributed by atoms with van der Waals surface area (Å²) >= 11 is 0. The minimum Gasteiger partial charge on any atom is -0.508 e. The number of amides is 2. The fourth-order valence-electron chi connectivity index (χ4n) is 2.51. The lowest BCUT2D eigenvalue weighted by Gasteiger charge is -2.32. The van der Waals surface area contributed by atoms with Gasteiger partial charge in [0.2, 0.25) is 11.8 Å². The zero-order chi connectivity index (χ0) is 14.5. The Morgan fingerprint density at radius 3 is 2.65 bits per heavy atom. The Balaban J connectivity index is 1.84. The third-order valence-electron chi connectivity index (χ3n) is 3.52. The van der Waals surface area contributed by atoms with Gasteiger partial charge in [-0.3, -0.25) is 9.59 Å². The lowest BCUT2D eigenvalue weighted by atomic mass is 10.0. The van der Waals surface area contributed by atoms with Crippen molar-refractivity contribution in [2.75, 3.05) is 13.1 Å². The number of rotatable bonds is 3. The maximum Gasteiger partial charge on any atom is 0.226 e. The molecule has 1 heterocycles. The van der Waals surface area contributed by atoms with Gasteiger partial charge in [0, 0.05) is 26.1 Å². The molecule has 5 nitrogen and oxygen atoms in total. The number of nitrogens with zero attached hydrogens (tertiary/aromatic N) is 1. The molecule has 2 amide bonds. The highest BCUT2D eigenvalue weighted by atomic mass is 16.3. The molecule has 0 spiro atoms. The molecule has 1 aliphatic rings. The van der Waals surface area contributed by atoms with Gasteiger partial charge in [0.25, 0.3) is 0 Å². The summed E-state index contributed by atoms with van der Waals surface area (Å²) in [5.41, 5.74) is 0.819. The number of aromatic hydroxyl groups is 1. The molecule has 0 aliphatic carbocycles. The van der Waals surface area contributed by atoms with Crippen molar-refractivity contribution in [2.45, 2.75) is 32.2 Å². The predicted octanol–water partition coefficient (Wildman–Crippen LogP) is 1.06. The second kappa shape index (κ2) is 6.41. The number of likely N-dealkylation sites (tertiary alicyclic amines) is 1. The minimum atomic E-state index is -0.0189. The maximum absolute atomic E-state index is 12.2. The number of hydrogen-bond donors (Lipinski definition) is 2. The Morgan fingerprint density at radius 2 is 2.05 bits per heavy atom. The summed E-state index contributed by atoms with van der Waals surface area (Å²) in [5.74, 6) is 0.228. The van der Waals surface area contributed by atoms with E-state index in [1.807, 2.05) is 11.0 Å². The highest BCUT2D eigenvalue weighted by Gasteiger charge is 2.23. The molecule has 0 aromatic heterocycles. The Labute approximate surface area is 118 Å². The van der Waals surface area contributed by atoms with Crippen LogP contribution in [0.2, 0.25) is 0 Å². The van der Waals surface area contributed by atoms with Crippen molar-refractivity contribution >= 4 is 11.8 Å². The van der Waals surface area contributed by atoms with Gasteiger partial charge in [0.1, 0.15) is 5.75 Å². The molecule has 1 aromatic carbocycles. The van der Waals surface area contributed by atoms with E-state index >= 15 is 0 Å². The van der Waals surface area contributed by atoms with Crippen LogP contribution in [-0.2, 0) is 16.0 Å². The highest BCUT2D eigenvalue weighted by Crippen LogP contribution is 2.15. The van der Waals surface area contributed by atoms with Gasteiger partial charge in [0.05, 0.1) is 6.42 Å². The van der Waals surface area contributed by atoms with Crippen molar-refractivity contribution in [3.63, 3.8) is 0 Å². The van der Waals surface area contributed by atoms with Crippen LogP contribution in [0, 0.1) is 0 Å². The first-order valence-corrected chi connectivity index (χ1v) is 6.87. The maximum atomic E-state index is 12.2. The summed E-state index contributed by atoms with van der Waals surface area (Å²) in [6.45, 7) is 2.85. The summed E-state index contributed by atoms with van der Waals surface area (Å²) in [5, 5.41) is 12.3. The van der Waals surface area contributed by atoms with Crippen molar-refractivity contribution in [2.24, 2.45) is 0 Å². The quantitative estimate of drug-likeness (QED) is 0.867. The lowest BCUT2D eigenvalue weighted by molar-refractivity contribution is -0.131. The molecule has 0 saturated carbocycles. The summed E-state index contributed by atoms with van der Waals surface area (Å²) < 4.78 is 0. The standard InChI is InChI=1S/C15H20N2O3/c1-11(18)16-13-5-7-17(8-6-13)15(20)10-12-3-2-4-14(19)9-12/h2-4,9,13,19H,5-8,10H2,1H3,(H,16,18). The zero-order valence-electron chi connectivity index (χ0n) is 11.6. The first kappa shape index (κ1) is 14.4. The van der Waals surface area contributed by atoms with Crippen LogP contribution in [0.4, 0.5) is 0 Å². The molecular weight excluding hydrogens is 256 g/mol. The number of benzene rings is 1. The van der Waals surface area contributed by atoms with Crippen LogP contribution in [0.15, 0.2) is 24.3 Å². The van der Waals surface area contributed by atoms with E-state index < -0.39 is 0 Å². The molecule has 2 rings (SSSR count). The first-order valence-electron chi connectivity index (χ1n) is 6.87. The largest absolute Gasteiger partial charge is 0.508 e. The van der Waals surface area contributed by atoms with Crippen molar-refractivity contribution in [3.05, 3.63) is 29.8 Å². The molecule has 0 radical (unpaired) electrons. The number of piperidine rings is 1. The average Bonchev–Trinajstić information content (AvgIpc) is 2.38. The van der Waals surface area contributed by atoms with Crippen LogP contribution in [0.1, 0.15) is 25.3 Å². The number of phenols is 1. The molecule has 5 heteroatoms. The minimum absolute atomic E-state index is 0.0189. The number of carbonyl (C=O) groups is 2. The first-order chi connectivity index (χ1) is 9.54. The van der Waals surface area contributed by atoms with E-state index in [1.165, 1.54) is 6.92 Å². The van der Waals surface area contributed by atoms with Crippen molar-refractivity contribution in [3.8, 4) is 5.75 Å². The molecule has 108 valence electrons. The van der Waals surface area contributed by atoms with Crippen LogP contribution >= 0.6 is 0 Å². The Hall–Kier alpha value is -2.04. The van der Waals surface area contributed by atoms with E-state index in [2.05, 4.69) is 5.32 Å². The highest BCUT2D eigenvalue weighted by molar-refractivity contribution is 5.79. The molecular formula is C15H20N2O3. The van der Waals surface area contributed by atoms with Gasteiger partial charge < -0.3 is 15.3 Å². The molecule has 0 unspecified atom stereocenters. The SMILES string of the molecule is CC(=O)NC1CCN(C(=O)Cc2cccc(O)c2)CC1. The topological polar surface area (TPSA) is 69.6 Å². The zero-order valence-corrected chi connectivity index (χ0v) is 11.6. The predicted molar refractivity (Wildman–Crippen MR) is 75.2 cm³/mol. The lowest BCUT2D eigenvalue weighted by Crippen LogP contribution is -2.46. The van der Waals surface area contributed by atoms with Crippen LogP contribution in [-0.4, -0.2) is 41.0 Å². The van der Waals surface area contributed by atoms with E-state index in [9.17, 15) is 14.7 Å². The van der Waals surface area contributed by atoms with Crippen LogP contribution in [0.3, 0.4) is 0 Å². The van der Waals surface area contributed by atoms with Gasteiger partial charge >= 0.3 is 0 Å². The third kappa shape index (κ3) is 3.98. The van der Waals surface area contributed by atoms with Crippen LogP contribution in [0.25, 0.3) is 0 Å². The molecule has 1 aromatic rings. The molecule has 1 aliphatic heterocycles. The summed E-state index contributed by atoms with van der Waals surface area (Å²) in [7, 11) is 0. The normalized spacial score (nSPS) is 15.9.